The zero-order chi connectivity index (χ0) is 15.4. The van der Waals surface area contributed by atoms with E-state index in [9.17, 15) is 4.79 Å². The van der Waals surface area contributed by atoms with E-state index in [4.69, 9.17) is 32.7 Å². The third kappa shape index (κ3) is 3.82. The number of rotatable bonds is 4. The number of benzene rings is 1. The van der Waals surface area contributed by atoms with Crippen molar-refractivity contribution in [3.05, 3.63) is 27.7 Å². The van der Waals surface area contributed by atoms with Gasteiger partial charge >= 0.3 is 5.97 Å². The van der Waals surface area contributed by atoms with Crippen LogP contribution in [0.4, 0.5) is 0 Å². The molecule has 0 radical (unpaired) electrons. The predicted octanol–water partition coefficient (Wildman–Crippen LogP) is 3.40. The summed E-state index contributed by atoms with van der Waals surface area (Å²) in [6.45, 7) is 0.818. The Kier molecular flexibility index (Phi) is 5.73. The minimum atomic E-state index is -0.211. The molecular formula is C15H19Cl2NO3. The summed E-state index contributed by atoms with van der Waals surface area (Å²) in [6.07, 6.45) is 2.08. The molecule has 0 aromatic heterocycles. The molecule has 0 spiro atoms. The quantitative estimate of drug-likeness (QED) is 0.859. The van der Waals surface area contributed by atoms with Crippen LogP contribution in [0.5, 0.6) is 5.75 Å². The SMILES string of the molecule is COC(=O)CC1CC(c2c(OC)ccc(Cl)c2Cl)CCN1. The lowest BCUT2D eigenvalue weighted by molar-refractivity contribution is -0.141. The van der Waals surface area contributed by atoms with E-state index in [1.807, 2.05) is 6.07 Å². The molecule has 0 bridgehead atoms. The van der Waals surface area contributed by atoms with Crippen LogP contribution in [0.25, 0.3) is 0 Å². The summed E-state index contributed by atoms with van der Waals surface area (Å²) in [5, 5.41) is 4.40. The smallest absolute Gasteiger partial charge is 0.307 e. The summed E-state index contributed by atoms with van der Waals surface area (Å²) in [5.41, 5.74) is 0.933. The maximum absolute atomic E-state index is 11.4. The van der Waals surface area contributed by atoms with E-state index in [0.29, 0.717) is 16.5 Å². The van der Waals surface area contributed by atoms with E-state index in [1.54, 1.807) is 13.2 Å². The summed E-state index contributed by atoms with van der Waals surface area (Å²) in [6, 6.07) is 3.65. The van der Waals surface area contributed by atoms with Gasteiger partial charge in [-0.3, -0.25) is 4.79 Å². The second-order valence-corrected chi connectivity index (χ2v) is 5.92. The molecule has 0 aliphatic carbocycles. The summed E-state index contributed by atoms with van der Waals surface area (Å²) >= 11 is 12.5. The van der Waals surface area contributed by atoms with Crippen LogP contribution in [0, 0.1) is 0 Å². The molecule has 116 valence electrons. The molecule has 21 heavy (non-hydrogen) atoms. The fourth-order valence-corrected chi connectivity index (χ4v) is 3.29. The van der Waals surface area contributed by atoms with Gasteiger partial charge in [0.05, 0.1) is 30.7 Å². The average Bonchev–Trinajstić information content (AvgIpc) is 2.49. The third-order valence-corrected chi connectivity index (χ3v) is 4.68. The first kappa shape index (κ1) is 16.4. The van der Waals surface area contributed by atoms with Crippen molar-refractivity contribution in [2.45, 2.75) is 31.2 Å². The van der Waals surface area contributed by atoms with E-state index in [1.165, 1.54) is 7.11 Å². The van der Waals surface area contributed by atoms with Crippen LogP contribution in [0.15, 0.2) is 12.1 Å². The van der Waals surface area contributed by atoms with E-state index < -0.39 is 0 Å². The second kappa shape index (κ2) is 7.34. The predicted molar refractivity (Wildman–Crippen MR) is 83.4 cm³/mol. The number of ether oxygens (including phenoxy) is 2. The number of halogens is 2. The largest absolute Gasteiger partial charge is 0.496 e. The van der Waals surface area contributed by atoms with Gasteiger partial charge in [-0.2, -0.15) is 0 Å². The molecule has 1 aliphatic rings. The molecule has 2 rings (SSSR count). The van der Waals surface area contributed by atoms with Crippen molar-refractivity contribution in [3.8, 4) is 5.75 Å². The van der Waals surface area contributed by atoms with Crippen LogP contribution in [-0.2, 0) is 9.53 Å². The van der Waals surface area contributed by atoms with Gasteiger partial charge in [0.25, 0.3) is 0 Å². The average molecular weight is 332 g/mol. The van der Waals surface area contributed by atoms with Gasteiger partial charge in [0, 0.05) is 11.6 Å². The maximum Gasteiger partial charge on any atom is 0.307 e. The van der Waals surface area contributed by atoms with Gasteiger partial charge < -0.3 is 14.8 Å². The molecule has 1 aromatic carbocycles. The minimum Gasteiger partial charge on any atom is -0.496 e. The van der Waals surface area contributed by atoms with Crippen molar-refractivity contribution in [1.29, 1.82) is 0 Å². The highest BCUT2D eigenvalue weighted by molar-refractivity contribution is 6.42. The van der Waals surface area contributed by atoms with E-state index in [0.717, 1.165) is 30.7 Å². The van der Waals surface area contributed by atoms with Gasteiger partial charge in [0.1, 0.15) is 5.75 Å². The van der Waals surface area contributed by atoms with Crippen molar-refractivity contribution < 1.29 is 14.3 Å². The Morgan fingerprint density at radius 3 is 2.81 bits per heavy atom. The summed E-state index contributed by atoms with van der Waals surface area (Å²) < 4.78 is 10.1. The Hall–Kier alpha value is -0.970. The molecule has 2 atom stereocenters. The number of hydrogen-bond acceptors (Lipinski definition) is 4. The van der Waals surface area contributed by atoms with E-state index >= 15 is 0 Å². The van der Waals surface area contributed by atoms with Gasteiger partial charge in [-0.25, -0.2) is 0 Å². The first-order valence-corrected chi connectivity index (χ1v) is 7.64. The number of methoxy groups -OCH3 is 2. The van der Waals surface area contributed by atoms with Crippen LogP contribution in [-0.4, -0.2) is 32.8 Å². The third-order valence-electron chi connectivity index (χ3n) is 3.86. The lowest BCUT2D eigenvalue weighted by Gasteiger charge is -2.31. The van der Waals surface area contributed by atoms with Gasteiger partial charge in [0.2, 0.25) is 0 Å². The molecule has 1 heterocycles. The molecule has 4 nitrogen and oxygen atoms in total. The van der Waals surface area contributed by atoms with Crippen LogP contribution >= 0.6 is 23.2 Å². The molecule has 1 aliphatic heterocycles. The fourth-order valence-electron chi connectivity index (χ4n) is 2.82. The molecule has 0 amide bonds. The molecule has 1 N–H and O–H groups in total. The Labute approximate surface area is 134 Å². The van der Waals surface area contributed by atoms with Crippen molar-refractivity contribution in [2.75, 3.05) is 20.8 Å². The topological polar surface area (TPSA) is 47.6 Å². The van der Waals surface area contributed by atoms with E-state index in [2.05, 4.69) is 5.32 Å². The van der Waals surface area contributed by atoms with E-state index in [-0.39, 0.29) is 17.9 Å². The van der Waals surface area contributed by atoms with Gasteiger partial charge in [-0.15, -0.1) is 0 Å². The lowest BCUT2D eigenvalue weighted by Crippen LogP contribution is -2.39. The lowest BCUT2D eigenvalue weighted by atomic mass is 9.85. The number of carbonyl (C=O) groups excluding carboxylic acids is 1. The summed E-state index contributed by atoms with van der Waals surface area (Å²) in [5.74, 6) is 0.743. The number of carbonyl (C=O) groups is 1. The van der Waals surface area contributed by atoms with Gasteiger partial charge in [0.15, 0.2) is 0 Å². The monoisotopic (exact) mass is 331 g/mol. The van der Waals surface area contributed by atoms with Crippen molar-refractivity contribution >= 4 is 29.2 Å². The highest BCUT2D eigenvalue weighted by Crippen LogP contribution is 2.42. The van der Waals surface area contributed by atoms with Crippen molar-refractivity contribution in [2.24, 2.45) is 0 Å². The van der Waals surface area contributed by atoms with Crippen LogP contribution < -0.4 is 10.1 Å². The Morgan fingerprint density at radius 2 is 2.14 bits per heavy atom. The second-order valence-electron chi connectivity index (χ2n) is 5.13. The Bertz CT molecular complexity index is 522. The van der Waals surface area contributed by atoms with Crippen LogP contribution in [0.3, 0.4) is 0 Å². The van der Waals surface area contributed by atoms with Crippen LogP contribution in [0.1, 0.15) is 30.7 Å². The molecule has 1 aromatic rings. The molecule has 0 saturated carbocycles. The number of nitrogens with one attached hydrogen (secondary N) is 1. The van der Waals surface area contributed by atoms with Gasteiger partial charge in [-0.1, -0.05) is 23.2 Å². The summed E-state index contributed by atoms with van der Waals surface area (Å²) in [7, 11) is 3.02. The molecular weight excluding hydrogens is 313 g/mol. The first-order valence-electron chi connectivity index (χ1n) is 6.88. The zero-order valence-electron chi connectivity index (χ0n) is 12.1. The van der Waals surface area contributed by atoms with Gasteiger partial charge in [-0.05, 0) is 37.4 Å². The molecule has 1 fully saturated rings. The van der Waals surface area contributed by atoms with Crippen LogP contribution in [0.2, 0.25) is 10.0 Å². The highest BCUT2D eigenvalue weighted by atomic mass is 35.5. The minimum absolute atomic E-state index is 0.0796. The standard InChI is InChI=1S/C15H19Cl2NO3/c1-20-12-4-3-11(16)15(17)14(12)9-5-6-18-10(7-9)8-13(19)21-2/h3-4,9-10,18H,5-8H2,1-2H3. The molecule has 2 unspecified atom stereocenters. The fraction of sp³-hybridized carbons (Fsp3) is 0.533. The number of esters is 1. The number of piperidine rings is 1. The molecule has 6 heteroatoms. The number of hydrogen-bond donors (Lipinski definition) is 1. The maximum atomic E-state index is 11.4. The Balaban J connectivity index is 2.21. The zero-order valence-corrected chi connectivity index (χ0v) is 13.6. The normalized spacial score (nSPS) is 21.9. The molecule has 1 saturated heterocycles. The first-order chi connectivity index (χ1) is 10.1. The van der Waals surface area contributed by atoms with Crippen molar-refractivity contribution in [1.82, 2.24) is 5.32 Å². The highest BCUT2D eigenvalue weighted by Gasteiger charge is 2.29. The summed E-state index contributed by atoms with van der Waals surface area (Å²) in [4.78, 5) is 11.4. The Morgan fingerprint density at radius 1 is 1.38 bits per heavy atom. The van der Waals surface area contributed by atoms with Crippen molar-refractivity contribution in [3.63, 3.8) is 0 Å².